The molecule has 0 aliphatic carbocycles. The van der Waals surface area contributed by atoms with Crippen LogP contribution in [0.5, 0.6) is 0 Å². The fourth-order valence-corrected chi connectivity index (χ4v) is 4.47. The van der Waals surface area contributed by atoms with Gasteiger partial charge in [0.15, 0.2) is 5.96 Å². The molecule has 2 unspecified atom stereocenters. The molecule has 2 aromatic carbocycles. The minimum Gasteiger partial charge on any atom is -0.361 e. The normalized spacial score (nSPS) is 20.2. The predicted molar refractivity (Wildman–Crippen MR) is 126 cm³/mol. The van der Waals surface area contributed by atoms with Crippen molar-refractivity contribution in [3.8, 4) is 0 Å². The monoisotopic (exact) mass is 421 g/mol. The summed E-state index contributed by atoms with van der Waals surface area (Å²) in [5.74, 6) is 0.631. The number of hydrogen-bond donors (Lipinski definition) is 3. The average Bonchev–Trinajstić information content (AvgIpc) is 3.17. The Morgan fingerprint density at radius 3 is 2.84 bits per heavy atom. The largest absolute Gasteiger partial charge is 0.361 e. The fourth-order valence-electron chi connectivity index (χ4n) is 4.47. The number of aromatic amines is 1. The second-order valence-corrected chi connectivity index (χ2v) is 8.42. The molecule has 2 heterocycles. The zero-order valence-electron chi connectivity index (χ0n) is 18.4. The molecule has 0 amide bonds. The fraction of sp³-hybridized carbons (Fsp3) is 0.400. The Kier molecular flexibility index (Phi) is 6.87. The van der Waals surface area contributed by atoms with Crippen LogP contribution in [-0.4, -0.2) is 48.1 Å². The van der Waals surface area contributed by atoms with E-state index in [0.29, 0.717) is 12.1 Å². The van der Waals surface area contributed by atoms with Crippen LogP contribution < -0.4 is 10.6 Å². The summed E-state index contributed by atoms with van der Waals surface area (Å²) >= 11 is 0. The van der Waals surface area contributed by atoms with Gasteiger partial charge in [-0.25, -0.2) is 4.39 Å². The van der Waals surface area contributed by atoms with Gasteiger partial charge in [0.1, 0.15) is 5.82 Å². The SMILES string of the molecule is CN=C(NCCc1c[nH]c2ccc(F)cc12)NC1CCN(Cc2ccccc2)C(C)C1. The van der Waals surface area contributed by atoms with Crippen molar-refractivity contribution in [3.05, 3.63) is 71.7 Å². The van der Waals surface area contributed by atoms with E-state index in [9.17, 15) is 4.39 Å². The van der Waals surface area contributed by atoms with Crippen LogP contribution in [0.25, 0.3) is 10.9 Å². The molecule has 5 nitrogen and oxygen atoms in total. The van der Waals surface area contributed by atoms with Gasteiger partial charge in [0.2, 0.25) is 0 Å². The first kappa shape index (κ1) is 21.4. The van der Waals surface area contributed by atoms with Gasteiger partial charge in [-0.05, 0) is 55.5 Å². The summed E-state index contributed by atoms with van der Waals surface area (Å²) in [5.41, 5.74) is 3.45. The standard InChI is InChI=1S/C25H32FN5/c1-18-14-22(11-13-31(18)17-19-6-4-3-5-7-19)30-25(27-2)28-12-10-20-16-29-24-9-8-21(26)15-23(20)24/h3-9,15-16,18,22,29H,10-14,17H2,1-2H3,(H2,27,28,30). The first-order chi connectivity index (χ1) is 15.1. The van der Waals surface area contributed by atoms with E-state index in [0.717, 1.165) is 61.3 Å². The van der Waals surface area contributed by atoms with Crippen LogP contribution in [0, 0.1) is 5.82 Å². The number of benzene rings is 2. The predicted octanol–water partition coefficient (Wildman–Crippen LogP) is 4.07. The molecule has 1 aliphatic heterocycles. The lowest BCUT2D eigenvalue weighted by Crippen LogP contribution is -2.51. The molecule has 2 atom stereocenters. The molecule has 1 fully saturated rings. The molecule has 3 aromatic rings. The van der Waals surface area contributed by atoms with Crippen molar-refractivity contribution in [2.45, 2.75) is 44.8 Å². The molecule has 0 bridgehead atoms. The van der Waals surface area contributed by atoms with Crippen LogP contribution in [0.15, 0.2) is 59.7 Å². The van der Waals surface area contributed by atoms with Crippen molar-refractivity contribution in [1.82, 2.24) is 20.5 Å². The minimum atomic E-state index is -0.202. The summed E-state index contributed by atoms with van der Waals surface area (Å²) in [4.78, 5) is 10.2. The molecule has 1 aromatic heterocycles. The van der Waals surface area contributed by atoms with E-state index in [1.807, 2.05) is 13.2 Å². The molecule has 6 heteroatoms. The number of aromatic nitrogens is 1. The lowest BCUT2D eigenvalue weighted by atomic mass is 9.97. The van der Waals surface area contributed by atoms with Gasteiger partial charge >= 0.3 is 0 Å². The van der Waals surface area contributed by atoms with Crippen molar-refractivity contribution in [2.75, 3.05) is 20.1 Å². The van der Waals surface area contributed by atoms with Crippen LogP contribution in [0.4, 0.5) is 4.39 Å². The molecule has 1 saturated heterocycles. The summed E-state index contributed by atoms with van der Waals surface area (Å²) in [6.07, 6.45) is 4.96. The summed E-state index contributed by atoms with van der Waals surface area (Å²) in [7, 11) is 1.81. The Morgan fingerprint density at radius 1 is 1.23 bits per heavy atom. The van der Waals surface area contributed by atoms with Gasteiger partial charge < -0.3 is 15.6 Å². The quantitative estimate of drug-likeness (QED) is 0.415. The third-order valence-electron chi connectivity index (χ3n) is 6.22. The van der Waals surface area contributed by atoms with E-state index in [4.69, 9.17) is 0 Å². The van der Waals surface area contributed by atoms with E-state index in [-0.39, 0.29) is 5.82 Å². The Bertz CT molecular complexity index is 1010. The highest BCUT2D eigenvalue weighted by molar-refractivity contribution is 5.83. The van der Waals surface area contributed by atoms with Gasteiger partial charge in [-0.15, -0.1) is 0 Å². The molecule has 1 aliphatic rings. The maximum atomic E-state index is 13.6. The van der Waals surface area contributed by atoms with Gasteiger partial charge in [0.05, 0.1) is 0 Å². The average molecular weight is 422 g/mol. The van der Waals surface area contributed by atoms with E-state index in [2.05, 4.69) is 62.8 Å². The Morgan fingerprint density at radius 2 is 2.06 bits per heavy atom. The first-order valence-corrected chi connectivity index (χ1v) is 11.1. The summed E-state index contributed by atoms with van der Waals surface area (Å²) in [6, 6.07) is 16.5. The Balaban J connectivity index is 1.25. The van der Waals surface area contributed by atoms with E-state index in [1.54, 1.807) is 12.1 Å². The van der Waals surface area contributed by atoms with Gasteiger partial charge in [0.25, 0.3) is 0 Å². The number of rotatable bonds is 6. The molecular weight excluding hydrogens is 389 g/mol. The highest BCUT2D eigenvalue weighted by Gasteiger charge is 2.25. The molecule has 31 heavy (non-hydrogen) atoms. The number of fused-ring (bicyclic) bond motifs is 1. The molecule has 0 saturated carbocycles. The number of hydrogen-bond acceptors (Lipinski definition) is 2. The van der Waals surface area contributed by atoms with Gasteiger partial charge in [0, 0.05) is 55.9 Å². The number of nitrogens with one attached hydrogen (secondary N) is 3. The minimum absolute atomic E-state index is 0.202. The lowest BCUT2D eigenvalue weighted by Gasteiger charge is -2.38. The van der Waals surface area contributed by atoms with Crippen molar-refractivity contribution in [1.29, 1.82) is 0 Å². The molecule has 164 valence electrons. The number of aliphatic imine (C=N–C) groups is 1. The second kappa shape index (κ2) is 9.96. The topological polar surface area (TPSA) is 55.5 Å². The summed E-state index contributed by atoms with van der Waals surface area (Å²) in [6.45, 7) is 5.13. The van der Waals surface area contributed by atoms with Gasteiger partial charge in [-0.1, -0.05) is 30.3 Å². The highest BCUT2D eigenvalue weighted by atomic mass is 19.1. The Labute approximate surface area is 183 Å². The zero-order chi connectivity index (χ0) is 21.6. The molecule has 3 N–H and O–H groups in total. The highest BCUT2D eigenvalue weighted by Crippen LogP contribution is 2.21. The van der Waals surface area contributed by atoms with Crippen LogP contribution in [0.1, 0.15) is 30.9 Å². The molecular formula is C25H32FN5. The second-order valence-electron chi connectivity index (χ2n) is 8.42. The van der Waals surface area contributed by atoms with Crippen molar-refractivity contribution >= 4 is 16.9 Å². The molecule has 0 spiro atoms. The van der Waals surface area contributed by atoms with Crippen LogP contribution in [0.2, 0.25) is 0 Å². The Hall–Kier alpha value is -2.86. The molecule has 4 rings (SSSR count). The van der Waals surface area contributed by atoms with Gasteiger partial charge in [-0.3, -0.25) is 9.89 Å². The van der Waals surface area contributed by atoms with E-state index >= 15 is 0 Å². The van der Waals surface area contributed by atoms with Gasteiger partial charge in [-0.2, -0.15) is 0 Å². The zero-order valence-corrected chi connectivity index (χ0v) is 18.4. The van der Waals surface area contributed by atoms with E-state index in [1.165, 1.54) is 11.6 Å². The summed E-state index contributed by atoms with van der Waals surface area (Å²) < 4.78 is 13.6. The third kappa shape index (κ3) is 5.44. The third-order valence-corrected chi connectivity index (χ3v) is 6.22. The van der Waals surface area contributed by atoms with Crippen LogP contribution in [0.3, 0.4) is 0 Å². The lowest BCUT2D eigenvalue weighted by molar-refractivity contribution is 0.134. The van der Waals surface area contributed by atoms with Crippen molar-refractivity contribution in [2.24, 2.45) is 4.99 Å². The summed E-state index contributed by atoms with van der Waals surface area (Å²) in [5, 5.41) is 7.96. The number of piperidine rings is 1. The number of guanidine groups is 1. The number of likely N-dealkylation sites (tertiary alicyclic amines) is 1. The van der Waals surface area contributed by atoms with Crippen molar-refractivity contribution < 1.29 is 4.39 Å². The van der Waals surface area contributed by atoms with Crippen LogP contribution in [-0.2, 0) is 13.0 Å². The first-order valence-electron chi connectivity index (χ1n) is 11.1. The number of H-pyrrole nitrogens is 1. The molecule has 0 radical (unpaired) electrons. The van der Waals surface area contributed by atoms with E-state index < -0.39 is 0 Å². The smallest absolute Gasteiger partial charge is 0.191 e. The van der Waals surface area contributed by atoms with Crippen LogP contribution >= 0.6 is 0 Å². The number of nitrogens with zero attached hydrogens (tertiary/aromatic N) is 2. The van der Waals surface area contributed by atoms with Crippen molar-refractivity contribution in [3.63, 3.8) is 0 Å². The maximum Gasteiger partial charge on any atom is 0.191 e. The maximum absolute atomic E-state index is 13.6. The number of halogens is 1.